The summed E-state index contributed by atoms with van der Waals surface area (Å²) < 4.78 is 18.6. The van der Waals surface area contributed by atoms with Crippen molar-refractivity contribution < 1.29 is 12.7 Å². The summed E-state index contributed by atoms with van der Waals surface area (Å²) in [5.41, 5.74) is 5.53. The van der Waals surface area contributed by atoms with E-state index in [-0.39, 0.29) is 0 Å². The molecule has 0 saturated carbocycles. The molecular formula is C13H35NO3Si3. The molecule has 0 amide bonds. The van der Waals surface area contributed by atoms with Crippen LogP contribution >= 0.6 is 0 Å². The zero-order valence-electron chi connectivity index (χ0n) is 14.5. The Hall–Kier alpha value is 0.491. The number of hydrogen-bond acceptors (Lipinski definition) is 4. The maximum atomic E-state index is 6.40. The molecule has 0 aromatic heterocycles. The summed E-state index contributed by atoms with van der Waals surface area (Å²) in [6, 6.07) is 0.933. The van der Waals surface area contributed by atoms with Gasteiger partial charge in [0.05, 0.1) is 0 Å². The summed E-state index contributed by atoms with van der Waals surface area (Å²) in [4.78, 5) is 0. The van der Waals surface area contributed by atoms with Gasteiger partial charge in [-0.3, -0.25) is 0 Å². The molecule has 0 radical (unpaired) electrons. The van der Waals surface area contributed by atoms with Gasteiger partial charge >= 0.3 is 8.80 Å². The fraction of sp³-hybridized carbons (Fsp3) is 1.00. The van der Waals surface area contributed by atoms with Crippen molar-refractivity contribution in [1.82, 2.24) is 0 Å². The second kappa shape index (κ2) is 8.82. The monoisotopic (exact) mass is 337 g/mol. The second-order valence-corrected chi connectivity index (χ2v) is 19.6. The molecular weight excluding hydrogens is 302 g/mol. The number of hydrogen-bond donors (Lipinski definition) is 1. The van der Waals surface area contributed by atoms with Gasteiger partial charge in [-0.2, -0.15) is 0 Å². The summed E-state index contributed by atoms with van der Waals surface area (Å²) in [5.74, 6) is 0. The van der Waals surface area contributed by atoms with Crippen LogP contribution in [0.3, 0.4) is 0 Å². The van der Waals surface area contributed by atoms with Crippen LogP contribution in [0.25, 0.3) is 0 Å². The van der Waals surface area contributed by atoms with Gasteiger partial charge in [0.2, 0.25) is 0 Å². The van der Waals surface area contributed by atoms with E-state index in [0.29, 0.717) is 0 Å². The fourth-order valence-corrected chi connectivity index (χ4v) is 12.5. The second-order valence-electron chi connectivity index (χ2n) is 7.27. The molecule has 0 saturated heterocycles. The van der Waals surface area contributed by atoms with Crippen LogP contribution < -0.4 is 5.73 Å². The normalized spacial score (nSPS) is 13.8. The van der Waals surface area contributed by atoms with Gasteiger partial charge in [-0.1, -0.05) is 12.8 Å². The Morgan fingerprint density at radius 2 is 1.20 bits per heavy atom. The average molecular weight is 338 g/mol. The molecule has 0 fully saturated rings. The molecule has 7 heteroatoms. The van der Waals surface area contributed by atoms with Gasteiger partial charge in [-0.05, 0) is 58.7 Å². The summed E-state index contributed by atoms with van der Waals surface area (Å²) in [5, 5.41) is 0. The predicted molar refractivity (Wildman–Crippen MR) is 94.0 cm³/mol. The molecule has 0 aromatic carbocycles. The van der Waals surface area contributed by atoms with Crippen LogP contribution in [-0.2, 0) is 12.7 Å². The van der Waals surface area contributed by atoms with Gasteiger partial charge in [0.1, 0.15) is 0 Å². The lowest BCUT2D eigenvalue weighted by Crippen LogP contribution is -2.56. The highest BCUT2D eigenvalue weighted by atomic mass is 28.5. The van der Waals surface area contributed by atoms with Gasteiger partial charge in [0.25, 0.3) is 0 Å². The Kier molecular flexibility index (Phi) is 9.03. The third kappa shape index (κ3) is 10.3. The standard InChI is InChI=1S/C13H35NO3Si3/c1-15-20(16-18(2,3)4,17-19(5,6)7)13-11-9-8-10-12-14/h8-14H2,1-7H3. The molecule has 0 rings (SSSR count). The van der Waals surface area contributed by atoms with Crippen LogP contribution in [0.5, 0.6) is 0 Å². The zero-order chi connectivity index (χ0) is 15.9. The first-order valence-electron chi connectivity index (χ1n) is 7.69. The smallest absolute Gasteiger partial charge is 0.416 e. The van der Waals surface area contributed by atoms with Gasteiger partial charge in [0.15, 0.2) is 16.6 Å². The van der Waals surface area contributed by atoms with Crippen LogP contribution in [0, 0.1) is 0 Å². The van der Waals surface area contributed by atoms with E-state index < -0.39 is 25.4 Å². The molecule has 0 heterocycles. The van der Waals surface area contributed by atoms with E-state index in [1.165, 1.54) is 12.8 Å². The Morgan fingerprint density at radius 3 is 1.55 bits per heavy atom. The van der Waals surface area contributed by atoms with Crippen molar-refractivity contribution in [2.24, 2.45) is 5.73 Å². The topological polar surface area (TPSA) is 53.7 Å². The molecule has 0 unspecified atom stereocenters. The third-order valence-electron chi connectivity index (χ3n) is 2.67. The Balaban J connectivity index is 4.66. The van der Waals surface area contributed by atoms with Crippen LogP contribution in [0.15, 0.2) is 0 Å². The van der Waals surface area contributed by atoms with Gasteiger partial charge < -0.3 is 18.4 Å². The minimum Gasteiger partial charge on any atom is -0.416 e. The molecule has 0 aliphatic carbocycles. The molecule has 4 nitrogen and oxygen atoms in total. The van der Waals surface area contributed by atoms with E-state index in [1.807, 2.05) is 0 Å². The molecule has 0 spiro atoms. The van der Waals surface area contributed by atoms with E-state index >= 15 is 0 Å². The SMILES string of the molecule is CO[Si](CCCCCCN)(O[Si](C)(C)C)O[Si](C)(C)C. The van der Waals surface area contributed by atoms with Crippen molar-refractivity contribution in [2.75, 3.05) is 13.7 Å². The molecule has 0 aliphatic heterocycles. The maximum absolute atomic E-state index is 6.40. The Bertz CT molecular complexity index is 249. The lowest BCUT2D eigenvalue weighted by Gasteiger charge is -2.38. The van der Waals surface area contributed by atoms with Crippen LogP contribution in [0.1, 0.15) is 25.7 Å². The molecule has 0 bridgehead atoms. The highest BCUT2D eigenvalue weighted by Crippen LogP contribution is 2.27. The van der Waals surface area contributed by atoms with E-state index in [9.17, 15) is 0 Å². The first-order valence-corrected chi connectivity index (χ1v) is 16.4. The molecule has 2 N–H and O–H groups in total. The largest absolute Gasteiger partial charge is 0.479 e. The average Bonchev–Trinajstić information content (AvgIpc) is 2.24. The fourth-order valence-electron chi connectivity index (χ4n) is 2.08. The van der Waals surface area contributed by atoms with E-state index in [2.05, 4.69) is 39.3 Å². The highest BCUT2D eigenvalue weighted by molar-refractivity contribution is 6.85. The minimum atomic E-state index is -2.51. The molecule has 122 valence electrons. The van der Waals surface area contributed by atoms with E-state index in [1.54, 1.807) is 7.11 Å². The van der Waals surface area contributed by atoms with Crippen LogP contribution in [0.4, 0.5) is 0 Å². The zero-order valence-corrected chi connectivity index (χ0v) is 17.5. The molecule has 20 heavy (non-hydrogen) atoms. The summed E-state index contributed by atoms with van der Waals surface area (Å²) in [6.45, 7) is 14.0. The van der Waals surface area contributed by atoms with Gasteiger partial charge in [0, 0.05) is 13.2 Å². The summed E-state index contributed by atoms with van der Waals surface area (Å²) in [7, 11) is -4.10. The summed E-state index contributed by atoms with van der Waals surface area (Å²) >= 11 is 0. The van der Waals surface area contributed by atoms with Crippen LogP contribution in [-0.4, -0.2) is 39.1 Å². The van der Waals surface area contributed by atoms with E-state index in [0.717, 1.165) is 25.4 Å². The quantitative estimate of drug-likeness (QED) is 0.460. The van der Waals surface area contributed by atoms with Crippen molar-refractivity contribution in [3.05, 3.63) is 0 Å². The Labute approximate surface area is 129 Å². The predicted octanol–water partition coefficient (Wildman–Crippen LogP) is 3.79. The van der Waals surface area contributed by atoms with Gasteiger partial charge in [-0.25, -0.2) is 0 Å². The van der Waals surface area contributed by atoms with E-state index in [4.69, 9.17) is 18.4 Å². The van der Waals surface area contributed by atoms with Crippen molar-refractivity contribution in [2.45, 2.75) is 71.0 Å². The lowest BCUT2D eigenvalue weighted by atomic mass is 10.2. The molecule has 0 aromatic rings. The lowest BCUT2D eigenvalue weighted by molar-refractivity contribution is 0.197. The third-order valence-corrected chi connectivity index (χ3v) is 11.6. The number of nitrogens with two attached hydrogens (primary N) is 1. The number of unbranched alkanes of at least 4 members (excludes halogenated alkanes) is 3. The first kappa shape index (κ1) is 20.5. The van der Waals surface area contributed by atoms with Gasteiger partial charge in [-0.15, -0.1) is 0 Å². The molecule has 0 atom stereocenters. The summed E-state index contributed by atoms with van der Waals surface area (Å²) in [6.07, 6.45) is 4.57. The van der Waals surface area contributed by atoms with Crippen molar-refractivity contribution >= 4 is 25.4 Å². The van der Waals surface area contributed by atoms with Crippen LogP contribution in [0.2, 0.25) is 45.3 Å². The van der Waals surface area contributed by atoms with Crippen molar-refractivity contribution in [3.8, 4) is 0 Å². The Morgan fingerprint density at radius 1 is 0.750 bits per heavy atom. The van der Waals surface area contributed by atoms with Crippen molar-refractivity contribution in [1.29, 1.82) is 0 Å². The minimum absolute atomic E-state index is 0.781. The first-order chi connectivity index (χ1) is 9.04. The number of rotatable bonds is 11. The van der Waals surface area contributed by atoms with Crippen molar-refractivity contribution in [3.63, 3.8) is 0 Å². The molecule has 0 aliphatic rings. The highest BCUT2D eigenvalue weighted by Gasteiger charge is 2.46. The maximum Gasteiger partial charge on any atom is 0.479 e.